The van der Waals surface area contributed by atoms with Gasteiger partial charge in [-0.15, -0.1) is 0 Å². The van der Waals surface area contributed by atoms with E-state index in [1.807, 2.05) is 18.2 Å². The summed E-state index contributed by atoms with van der Waals surface area (Å²) in [5, 5.41) is 0. The van der Waals surface area contributed by atoms with Crippen LogP contribution in [0.2, 0.25) is 0 Å². The first-order valence-electron chi connectivity index (χ1n) is 8.07. The summed E-state index contributed by atoms with van der Waals surface area (Å²) in [4.78, 5) is 11.7. The molecular weight excluding hydrogens is 280 g/mol. The van der Waals surface area contributed by atoms with E-state index in [4.69, 9.17) is 14.2 Å². The van der Waals surface area contributed by atoms with Crippen molar-refractivity contribution >= 4 is 5.78 Å². The summed E-state index contributed by atoms with van der Waals surface area (Å²) in [5.41, 5.74) is 1.14. The minimum atomic E-state index is 0.202. The smallest absolute Gasteiger partial charge is 0.158 e. The average Bonchev–Trinajstić information content (AvgIpc) is 2.73. The molecule has 1 fully saturated rings. The maximum Gasteiger partial charge on any atom is 0.158 e. The Labute approximate surface area is 132 Å². The highest BCUT2D eigenvalue weighted by Crippen LogP contribution is 2.28. The molecule has 1 aliphatic rings. The average molecular weight is 306 g/mol. The van der Waals surface area contributed by atoms with Crippen LogP contribution in [0.5, 0.6) is 11.5 Å². The van der Waals surface area contributed by atoms with Crippen LogP contribution in [0.1, 0.15) is 32.3 Å². The van der Waals surface area contributed by atoms with Crippen LogP contribution in [-0.2, 0) is 16.0 Å². The largest absolute Gasteiger partial charge is 0.497 e. The summed E-state index contributed by atoms with van der Waals surface area (Å²) < 4.78 is 16.8. The Hall–Kier alpha value is -1.55. The summed E-state index contributed by atoms with van der Waals surface area (Å²) in [5.74, 6) is 2.56. The van der Waals surface area contributed by atoms with Gasteiger partial charge in [-0.2, -0.15) is 0 Å². The zero-order valence-corrected chi connectivity index (χ0v) is 13.8. The molecule has 0 aliphatic carbocycles. The fourth-order valence-corrected chi connectivity index (χ4v) is 2.94. The van der Waals surface area contributed by atoms with Crippen LogP contribution in [0.3, 0.4) is 0 Å². The van der Waals surface area contributed by atoms with E-state index in [0.29, 0.717) is 25.6 Å². The normalized spacial score (nSPS) is 22.2. The molecule has 0 bridgehead atoms. The Bertz CT molecular complexity index is 498. The molecule has 22 heavy (non-hydrogen) atoms. The van der Waals surface area contributed by atoms with Crippen molar-refractivity contribution in [2.75, 3.05) is 26.9 Å². The molecule has 2 unspecified atom stereocenters. The zero-order valence-electron chi connectivity index (χ0n) is 13.8. The lowest BCUT2D eigenvalue weighted by Gasteiger charge is -2.23. The number of Topliss-reactive ketones (excluding diaryl/α,β-unsaturated/α-hetero) is 1. The third-order valence-corrected chi connectivity index (χ3v) is 4.38. The fourth-order valence-electron chi connectivity index (χ4n) is 2.94. The van der Waals surface area contributed by atoms with Gasteiger partial charge in [-0.25, -0.2) is 0 Å². The Kier molecular flexibility index (Phi) is 6.25. The van der Waals surface area contributed by atoms with Crippen LogP contribution in [0, 0.1) is 11.8 Å². The third kappa shape index (κ3) is 4.23. The first-order chi connectivity index (χ1) is 10.7. The maximum absolute atomic E-state index is 11.7. The van der Waals surface area contributed by atoms with Gasteiger partial charge < -0.3 is 14.2 Å². The van der Waals surface area contributed by atoms with Crippen molar-refractivity contribution in [2.45, 2.75) is 33.1 Å². The second-order valence-corrected chi connectivity index (χ2v) is 5.82. The van der Waals surface area contributed by atoms with E-state index in [-0.39, 0.29) is 18.3 Å². The molecule has 1 saturated heterocycles. The molecule has 0 saturated carbocycles. The van der Waals surface area contributed by atoms with Crippen LogP contribution in [0.15, 0.2) is 18.2 Å². The van der Waals surface area contributed by atoms with Crippen LogP contribution in [-0.4, -0.2) is 32.7 Å². The molecule has 2 atom stereocenters. The van der Waals surface area contributed by atoms with Gasteiger partial charge in [-0.05, 0) is 36.1 Å². The number of carbonyl (C=O) groups is 1. The lowest BCUT2D eigenvalue weighted by molar-refractivity contribution is -0.122. The summed E-state index contributed by atoms with van der Waals surface area (Å²) in [6.45, 7) is 5.66. The van der Waals surface area contributed by atoms with E-state index in [0.717, 1.165) is 29.9 Å². The number of hydrogen-bond acceptors (Lipinski definition) is 4. The summed E-state index contributed by atoms with van der Waals surface area (Å²) in [6.07, 6.45) is 2.48. The van der Waals surface area contributed by atoms with Crippen LogP contribution >= 0.6 is 0 Å². The van der Waals surface area contributed by atoms with Crippen LogP contribution in [0.4, 0.5) is 0 Å². The van der Waals surface area contributed by atoms with Gasteiger partial charge in [0.25, 0.3) is 0 Å². The summed E-state index contributed by atoms with van der Waals surface area (Å²) in [6, 6.07) is 5.89. The molecule has 0 radical (unpaired) electrons. The summed E-state index contributed by atoms with van der Waals surface area (Å²) in [7, 11) is 1.67. The molecule has 0 N–H and O–H groups in total. The number of rotatable bonds is 6. The van der Waals surface area contributed by atoms with Crippen molar-refractivity contribution in [3.63, 3.8) is 0 Å². The van der Waals surface area contributed by atoms with Gasteiger partial charge in [0.15, 0.2) is 5.78 Å². The van der Waals surface area contributed by atoms with Crippen molar-refractivity contribution in [3.05, 3.63) is 23.8 Å². The van der Waals surface area contributed by atoms with Crippen molar-refractivity contribution in [3.8, 4) is 11.5 Å². The number of hydrogen-bond donors (Lipinski definition) is 0. The second kappa shape index (κ2) is 8.18. The van der Waals surface area contributed by atoms with Gasteiger partial charge in [-0.1, -0.05) is 20.3 Å². The predicted molar refractivity (Wildman–Crippen MR) is 85.6 cm³/mol. The first-order valence-corrected chi connectivity index (χ1v) is 8.07. The van der Waals surface area contributed by atoms with Crippen molar-refractivity contribution < 1.29 is 19.0 Å². The lowest BCUT2D eigenvalue weighted by Crippen LogP contribution is -2.25. The molecule has 0 aromatic heterocycles. The molecule has 4 nitrogen and oxygen atoms in total. The Morgan fingerprint density at radius 2 is 2.09 bits per heavy atom. The topological polar surface area (TPSA) is 44.8 Å². The standard InChI is InChI=1S/C18H26O4/c1-4-13-8-16(19)12-21-10-15(13)11-22-18-7-6-17(20-3)9-14(18)5-2/h6-7,9,13,15H,4-5,8,10-12H2,1-3H3. The molecule has 2 rings (SSSR count). The Balaban J connectivity index is 2.03. The van der Waals surface area contributed by atoms with Crippen LogP contribution < -0.4 is 9.47 Å². The van der Waals surface area contributed by atoms with E-state index in [9.17, 15) is 4.79 Å². The molecule has 4 heteroatoms. The van der Waals surface area contributed by atoms with Gasteiger partial charge in [0.2, 0.25) is 0 Å². The highest BCUT2D eigenvalue weighted by Gasteiger charge is 2.27. The van der Waals surface area contributed by atoms with Gasteiger partial charge in [0.1, 0.15) is 18.1 Å². The Morgan fingerprint density at radius 3 is 2.77 bits per heavy atom. The SMILES string of the molecule is CCc1cc(OC)ccc1OCC1COCC(=O)CC1CC. The Morgan fingerprint density at radius 1 is 1.27 bits per heavy atom. The number of ether oxygens (including phenoxy) is 3. The van der Waals surface area contributed by atoms with Gasteiger partial charge >= 0.3 is 0 Å². The van der Waals surface area contributed by atoms with E-state index in [1.165, 1.54) is 0 Å². The molecule has 122 valence electrons. The second-order valence-electron chi connectivity index (χ2n) is 5.82. The highest BCUT2D eigenvalue weighted by molar-refractivity contribution is 5.80. The number of benzene rings is 1. The van der Waals surface area contributed by atoms with Crippen molar-refractivity contribution in [1.29, 1.82) is 0 Å². The van der Waals surface area contributed by atoms with E-state index < -0.39 is 0 Å². The summed E-state index contributed by atoms with van der Waals surface area (Å²) >= 11 is 0. The first kappa shape index (κ1) is 16.8. The number of ketones is 1. The molecular formula is C18H26O4. The predicted octanol–water partition coefficient (Wildman–Crippen LogP) is 3.27. The van der Waals surface area contributed by atoms with Crippen LogP contribution in [0.25, 0.3) is 0 Å². The highest BCUT2D eigenvalue weighted by atomic mass is 16.5. The monoisotopic (exact) mass is 306 g/mol. The van der Waals surface area contributed by atoms with E-state index >= 15 is 0 Å². The zero-order chi connectivity index (χ0) is 15.9. The maximum atomic E-state index is 11.7. The lowest BCUT2D eigenvalue weighted by atomic mass is 9.88. The quantitative estimate of drug-likeness (QED) is 0.809. The number of aryl methyl sites for hydroxylation is 1. The molecule has 1 aromatic rings. The number of methoxy groups -OCH3 is 1. The van der Waals surface area contributed by atoms with Gasteiger partial charge in [-0.3, -0.25) is 4.79 Å². The molecule has 1 aromatic carbocycles. The van der Waals surface area contributed by atoms with Gasteiger partial charge in [0, 0.05) is 12.3 Å². The van der Waals surface area contributed by atoms with E-state index in [2.05, 4.69) is 13.8 Å². The minimum absolute atomic E-state index is 0.202. The molecule has 0 spiro atoms. The van der Waals surface area contributed by atoms with E-state index in [1.54, 1.807) is 7.11 Å². The van der Waals surface area contributed by atoms with Crippen molar-refractivity contribution in [2.24, 2.45) is 11.8 Å². The number of carbonyl (C=O) groups excluding carboxylic acids is 1. The third-order valence-electron chi connectivity index (χ3n) is 4.38. The molecule has 1 aliphatic heterocycles. The fraction of sp³-hybridized carbons (Fsp3) is 0.611. The van der Waals surface area contributed by atoms with Crippen molar-refractivity contribution in [1.82, 2.24) is 0 Å². The molecule has 0 amide bonds. The minimum Gasteiger partial charge on any atom is -0.497 e. The molecule has 1 heterocycles. The van der Waals surface area contributed by atoms with Gasteiger partial charge in [0.05, 0.1) is 20.3 Å².